The molecule has 0 bridgehead atoms. The Morgan fingerprint density at radius 2 is 2.00 bits per heavy atom. The lowest BCUT2D eigenvalue weighted by Gasteiger charge is -2.18. The Morgan fingerprint density at radius 1 is 1.12 bits per heavy atom. The molecule has 5 heteroatoms. The molecular weight excluding hydrogens is 364 g/mol. The van der Waals surface area contributed by atoms with Crippen molar-refractivity contribution in [3.63, 3.8) is 0 Å². The molecule has 0 saturated carbocycles. The van der Waals surface area contributed by atoms with Gasteiger partial charge in [0.1, 0.15) is 5.82 Å². The highest BCUT2D eigenvalue weighted by Crippen LogP contribution is 2.33. The molecule has 0 spiro atoms. The molecular formula is C19H17BrN4. The molecule has 0 saturated heterocycles. The van der Waals surface area contributed by atoms with Crippen LogP contribution in [0.5, 0.6) is 0 Å². The van der Waals surface area contributed by atoms with E-state index in [0.29, 0.717) is 0 Å². The fourth-order valence-electron chi connectivity index (χ4n) is 2.95. The van der Waals surface area contributed by atoms with Crippen molar-refractivity contribution in [2.75, 3.05) is 16.8 Å². The second-order valence-corrected chi connectivity index (χ2v) is 6.73. The minimum Gasteiger partial charge on any atom is -0.339 e. The molecule has 0 aliphatic carbocycles. The number of aryl methyl sites for hydroxylation is 1. The molecule has 0 atom stereocenters. The summed E-state index contributed by atoms with van der Waals surface area (Å²) in [6, 6.07) is 16.5. The number of para-hydroxylation sites is 1. The topological polar surface area (TPSA) is 41.1 Å². The first-order valence-electron chi connectivity index (χ1n) is 7.92. The smallest absolute Gasteiger partial charge is 0.231 e. The summed E-state index contributed by atoms with van der Waals surface area (Å²) in [6.45, 7) is 2.99. The summed E-state index contributed by atoms with van der Waals surface area (Å²) in [5.41, 5.74) is 4.75. The Kier molecular flexibility index (Phi) is 3.94. The maximum absolute atomic E-state index is 4.70. The third-order valence-electron chi connectivity index (χ3n) is 4.16. The van der Waals surface area contributed by atoms with Crippen LogP contribution in [0.4, 0.5) is 23.1 Å². The number of nitrogens with one attached hydrogen (secondary N) is 1. The van der Waals surface area contributed by atoms with Gasteiger partial charge in [-0.3, -0.25) is 0 Å². The van der Waals surface area contributed by atoms with Gasteiger partial charge in [0, 0.05) is 22.9 Å². The summed E-state index contributed by atoms with van der Waals surface area (Å²) in [7, 11) is 0. The fraction of sp³-hybridized carbons (Fsp3) is 0.158. The van der Waals surface area contributed by atoms with Crippen LogP contribution in [-0.4, -0.2) is 16.5 Å². The van der Waals surface area contributed by atoms with Crippen molar-refractivity contribution in [3.05, 3.63) is 70.3 Å². The van der Waals surface area contributed by atoms with Gasteiger partial charge < -0.3 is 10.2 Å². The zero-order valence-electron chi connectivity index (χ0n) is 13.3. The molecule has 2 aromatic carbocycles. The number of hydrogen-bond donors (Lipinski definition) is 1. The Bertz CT molecular complexity index is 894. The lowest BCUT2D eigenvalue weighted by atomic mass is 10.2. The molecule has 3 aromatic rings. The Morgan fingerprint density at radius 3 is 2.88 bits per heavy atom. The summed E-state index contributed by atoms with van der Waals surface area (Å²) < 4.78 is 1.02. The summed E-state index contributed by atoms with van der Waals surface area (Å²) in [4.78, 5) is 11.3. The van der Waals surface area contributed by atoms with Crippen LogP contribution in [0.3, 0.4) is 0 Å². The van der Waals surface area contributed by atoms with Crippen molar-refractivity contribution in [1.29, 1.82) is 0 Å². The van der Waals surface area contributed by atoms with Crippen LogP contribution in [0, 0.1) is 6.92 Å². The van der Waals surface area contributed by atoms with E-state index in [4.69, 9.17) is 4.98 Å². The SMILES string of the molecule is Cc1ccc(Nc2ccnc(N3CCc4ccccc43)n2)c(Br)c1. The summed E-state index contributed by atoms with van der Waals surface area (Å²) in [6.07, 6.45) is 2.83. The van der Waals surface area contributed by atoms with Gasteiger partial charge in [-0.15, -0.1) is 0 Å². The van der Waals surface area contributed by atoms with Crippen molar-refractivity contribution in [2.24, 2.45) is 0 Å². The van der Waals surface area contributed by atoms with Gasteiger partial charge in [0.2, 0.25) is 5.95 Å². The molecule has 4 nitrogen and oxygen atoms in total. The number of aromatic nitrogens is 2. The van der Waals surface area contributed by atoms with Crippen molar-refractivity contribution < 1.29 is 0 Å². The summed E-state index contributed by atoms with van der Waals surface area (Å²) in [5, 5.41) is 3.36. The average Bonchev–Trinajstić information content (AvgIpc) is 3.02. The molecule has 0 amide bonds. The number of nitrogens with zero attached hydrogens (tertiary/aromatic N) is 3. The minimum absolute atomic E-state index is 0.730. The van der Waals surface area contributed by atoms with Gasteiger partial charge in [0.15, 0.2) is 0 Å². The summed E-state index contributed by atoms with van der Waals surface area (Å²) >= 11 is 3.59. The molecule has 120 valence electrons. The lowest BCUT2D eigenvalue weighted by molar-refractivity contribution is 0.941. The standard InChI is InChI=1S/C19H17BrN4/c1-13-6-7-16(15(20)12-13)22-18-8-10-21-19(23-18)24-11-9-14-4-2-3-5-17(14)24/h2-8,10,12H,9,11H2,1H3,(H,21,22,23). The monoisotopic (exact) mass is 380 g/mol. The molecule has 0 fully saturated rings. The third-order valence-corrected chi connectivity index (χ3v) is 4.81. The number of hydrogen-bond acceptors (Lipinski definition) is 4. The molecule has 24 heavy (non-hydrogen) atoms. The van der Waals surface area contributed by atoms with E-state index in [1.165, 1.54) is 16.8 Å². The molecule has 1 aliphatic heterocycles. The molecule has 2 heterocycles. The van der Waals surface area contributed by atoms with E-state index in [0.717, 1.165) is 34.9 Å². The maximum Gasteiger partial charge on any atom is 0.231 e. The van der Waals surface area contributed by atoms with Crippen LogP contribution in [0.2, 0.25) is 0 Å². The highest BCUT2D eigenvalue weighted by atomic mass is 79.9. The number of halogens is 1. The highest BCUT2D eigenvalue weighted by Gasteiger charge is 2.21. The van der Waals surface area contributed by atoms with Crippen molar-refractivity contribution in [3.8, 4) is 0 Å². The van der Waals surface area contributed by atoms with Gasteiger partial charge in [-0.2, -0.15) is 4.98 Å². The molecule has 1 aromatic heterocycles. The van der Waals surface area contributed by atoms with E-state index in [1.807, 2.05) is 12.1 Å². The van der Waals surface area contributed by atoms with E-state index >= 15 is 0 Å². The zero-order valence-corrected chi connectivity index (χ0v) is 14.9. The van der Waals surface area contributed by atoms with Crippen LogP contribution >= 0.6 is 15.9 Å². The predicted molar refractivity (Wildman–Crippen MR) is 101 cm³/mol. The van der Waals surface area contributed by atoms with E-state index < -0.39 is 0 Å². The molecule has 4 rings (SSSR count). The van der Waals surface area contributed by atoms with E-state index in [-0.39, 0.29) is 0 Å². The fourth-order valence-corrected chi connectivity index (χ4v) is 3.55. The van der Waals surface area contributed by atoms with Crippen LogP contribution in [-0.2, 0) is 6.42 Å². The first-order valence-corrected chi connectivity index (χ1v) is 8.72. The van der Waals surface area contributed by atoms with Gasteiger partial charge in [-0.05, 0) is 64.7 Å². The molecule has 0 radical (unpaired) electrons. The number of fused-ring (bicyclic) bond motifs is 1. The van der Waals surface area contributed by atoms with E-state index in [2.05, 4.69) is 74.5 Å². The van der Waals surface area contributed by atoms with Crippen molar-refractivity contribution in [2.45, 2.75) is 13.3 Å². The van der Waals surface area contributed by atoms with Gasteiger partial charge in [0.25, 0.3) is 0 Å². The van der Waals surface area contributed by atoms with Crippen LogP contribution in [0.1, 0.15) is 11.1 Å². The van der Waals surface area contributed by atoms with Crippen LogP contribution in [0.15, 0.2) is 59.2 Å². The molecule has 1 N–H and O–H groups in total. The predicted octanol–water partition coefficient (Wildman–Crippen LogP) is 4.99. The maximum atomic E-state index is 4.70. The molecule has 0 unspecified atom stereocenters. The average molecular weight is 381 g/mol. The summed E-state index contributed by atoms with van der Waals surface area (Å²) in [5.74, 6) is 1.52. The first-order chi connectivity index (χ1) is 11.7. The zero-order chi connectivity index (χ0) is 16.5. The Hall–Kier alpha value is -2.40. The van der Waals surface area contributed by atoms with Gasteiger partial charge in [-0.1, -0.05) is 24.3 Å². The molecule has 1 aliphatic rings. The third kappa shape index (κ3) is 2.87. The van der Waals surface area contributed by atoms with Crippen LogP contribution < -0.4 is 10.2 Å². The number of rotatable bonds is 3. The van der Waals surface area contributed by atoms with Crippen molar-refractivity contribution in [1.82, 2.24) is 9.97 Å². The second-order valence-electron chi connectivity index (χ2n) is 5.88. The number of anilines is 4. The highest BCUT2D eigenvalue weighted by molar-refractivity contribution is 9.10. The van der Waals surface area contributed by atoms with E-state index in [1.54, 1.807) is 6.20 Å². The van der Waals surface area contributed by atoms with Gasteiger partial charge in [-0.25, -0.2) is 4.98 Å². The van der Waals surface area contributed by atoms with E-state index in [9.17, 15) is 0 Å². The minimum atomic E-state index is 0.730. The first kappa shape index (κ1) is 15.1. The lowest BCUT2D eigenvalue weighted by Crippen LogP contribution is -2.16. The van der Waals surface area contributed by atoms with Crippen LogP contribution in [0.25, 0.3) is 0 Å². The largest absolute Gasteiger partial charge is 0.339 e. The quantitative estimate of drug-likeness (QED) is 0.694. The Labute approximate surface area is 149 Å². The van der Waals surface area contributed by atoms with Gasteiger partial charge in [0.05, 0.1) is 5.69 Å². The Balaban J connectivity index is 1.63. The van der Waals surface area contributed by atoms with Crippen molar-refractivity contribution >= 4 is 39.1 Å². The number of benzene rings is 2. The van der Waals surface area contributed by atoms with Gasteiger partial charge >= 0.3 is 0 Å². The normalized spacial score (nSPS) is 13.0. The second kappa shape index (κ2) is 6.24.